The van der Waals surface area contributed by atoms with Gasteiger partial charge in [0.1, 0.15) is 11.6 Å². The van der Waals surface area contributed by atoms with E-state index in [1.54, 1.807) is 6.07 Å². The van der Waals surface area contributed by atoms with Crippen LogP contribution in [0, 0.1) is 5.82 Å². The predicted molar refractivity (Wildman–Crippen MR) is 108 cm³/mol. The molecule has 3 nitrogen and oxygen atoms in total. The Morgan fingerprint density at radius 2 is 1.67 bits per heavy atom. The molecule has 0 spiro atoms. The van der Waals surface area contributed by atoms with E-state index in [0.717, 1.165) is 37.0 Å². The van der Waals surface area contributed by atoms with E-state index in [9.17, 15) is 35.8 Å². The molecule has 1 aliphatic carbocycles. The molecule has 2 aromatic rings. The summed E-state index contributed by atoms with van der Waals surface area (Å²) in [6.07, 6.45) is -7.73. The number of halogens is 7. The third-order valence-electron chi connectivity index (χ3n) is 5.54. The van der Waals surface area contributed by atoms with Gasteiger partial charge in [-0.1, -0.05) is 12.5 Å². The third-order valence-corrected chi connectivity index (χ3v) is 5.54. The van der Waals surface area contributed by atoms with Gasteiger partial charge in [-0.25, -0.2) is 4.39 Å². The number of aliphatic hydroxyl groups excluding tert-OH is 1. The smallest absolute Gasteiger partial charge is 0.416 e. The van der Waals surface area contributed by atoms with Gasteiger partial charge in [0.25, 0.3) is 0 Å². The Balaban J connectivity index is 1.90. The average molecular weight is 479 g/mol. The van der Waals surface area contributed by atoms with E-state index in [0.29, 0.717) is 23.9 Å². The van der Waals surface area contributed by atoms with Gasteiger partial charge < -0.3 is 14.7 Å². The molecular formula is C23H24F7NO2. The summed E-state index contributed by atoms with van der Waals surface area (Å²) in [5.74, 6) is -0.612. The van der Waals surface area contributed by atoms with Gasteiger partial charge in [0, 0.05) is 23.9 Å². The molecule has 0 amide bonds. The van der Waals surface area contributed by atoms with Crippen LogP contribution in [0.4, 0.5) is 36.4 Å². The van der Waals surface area contributed by atoms with E-state index in [-0.39, 0.29) is 11.8 Å². The first kappa shape index (κ1) is 25.1. The highest BCUT2D eigenvalue weighted by Crippen LogP contribution is 2.33. The van der Waals surface area contributed by atoms with Gasteiger partial charge in [-0.2, -0.15) is 26.3 Å². The maximum atomic E-state index is 14.3. The highest BCUT2D eigenvalue weighted by Gasteiger charge is 2.39. The maximum Gasteiger partial charge on any atom is 0.416 e. The molecule has 1 unspecified atom stereocenters. The van der Waals surface area contributed by atoms with E-state index >= 15 is 0 Å². The number of ether oxygens (including phenoxy) is 1. The van der Waals surface area contributed by atoms with Crippen LogP contribution in [0.25, 0.3) is 0 Å². The zero-order valence-corrected chi connectivity index (χ0v) is 17.6. The Bertz CT molecular complexity index is 924. The largest absolute Gasteiger partial charge is 0.490 e. The fourth-order valence-corrected chi connectivity index (χ4v) is 3.78. The summed E-state index contributed by atoms with van der Waals surface area (Å²) in [7, 11) is 0. The van der Waals surface area contributed by atoms with E-state index in [1.165, 1.54) is 18.2 Å². The minimum absolute atomic E-state index is 0.0378. The lowest BCUT2D eigenvalue weighted by atomic mass is 9.98. The molecule has 0 saturated heterocycles. The second kappa shape index (κ2) is 10.2. The minimum Gasteiger partial charge on any atom is -0.490 e. The van der Waals surface area contributed by atoms with E-state index in [2.05, 4.69) is 0 Å². The fourth-order valence-electron chi connectivity index (χ4n) is 3.78. The molecule has 1 atom stereocenters. The Morgan fingerprint density at radius 1 is 0.970 bits per heavy atom. The molecule has 0 bridgehead atoms. The molecule has 0 aromatic heterocycles. The quantitative estimate of drug-likeness (QED) is 0.461. The van der Waals surface area contributed by atoms with Gasteiger partial charge in [-0.15, -0.1) is 0 Å². The highest BCUT2D eigenvalue weighted by atomic mass is 19.4. The van der Waals surface area contributed by atoms with Crippen molar-refractivity contribution in [2.45, 2.75) is 63.2 Å². The second-order valence-electron chi connectivity index (χ2n) is 8.12. The van der Waals surface area contributed by atoms with Crippen molar-refractivity contribution >= 4 is 5.69 Å². The van der Waals surface area contributed by atoms with E-state index < -0.39 is 48.5 Å². The van der Waals surface area contributed by atoms with Crippen molar-refractivity contribution in [3.63, 3.8) is 0 Å². The molecule has 0 radical (unpaired) electrons. The third kappa shape index (κ3) is 6.99. The van der Waals surface area contributed by atoms with Crippen LogP contribution < -0.4 is 9.64 Å². The van der Waals surface area contributed by atoms with Crippen LogP contribution in [0.1, 0.15) is 43.2 Å². The first-order valence-corrected chi connectivity index (χ1v) is 10.6. The molecule has 182 valence electrons. The van der Waals surface area contributed by atoms with Crippen LogP contribution in [0.15, 0.2) is 42.5 Å². The van der Waals surface area contributed by atoms with Crippen molar-refractivity contribution in [1.82, 2.24) is 0 Å². The summed E-state index contributed by atoms with van der Waals surface area (Å²) in [5.41, 5.74) is -1.41. The SMILES string of the molecule is OC(CN(Cc1cc(C(F)(F)F)ccc1F)c1cccc(OC2CCCCC2)c1)C(F)(F)F. The zero-order chi connectivity index (χ0) is 24.2. The Hall–Kier alpha value is -2.49. The molecule has 33 heavy (non-hydrogen) atoms. The molecular weight excluding hydrogens is 455 g/mol. The summed E-state index contributed by atoms with van der Waals surface area (Å²) >= 11 is 0. The predicted octanol–water partition coefficient (Wildman–Crippen LogP) is 6.49. The lowest BCUT2D eigenvalue weighted by Gasteiger charge is -2.29. The van der Waals surface area contributed by atoms with Gasteiger partial charge in [-0.05, 0) is 56.0 Å². The van der Waals surface area contributed by atoms with Crippen LogP contribution in [0.2, 0.25) is 0 Å². The Morgan fingerprint density at radius 3 is 2.30 bits per heavy atom. The zero-order valence-electron chi connectivity index (χ0n) is 17.6. The van der Waals surface area contributed by atoms with Gasteiger partial charge in [0.2, 0.25) is 0 Å². The molecule has 1 saturated carbocycles. The number of aliphatic hydroxyl groups is 1. The Kier molecular flexibility index (Phi) is 7.76. The molecule has 0 heterocycles. The molecule has 1 aliphatic rings. The van der Waals surface area contributed by atoms with Crippen molar-refractivity contribution in [1.29, 1.82) is 0 Å². The van der Waals surface area contributed by atoms with Crippen LogP contribution in [0.5, 0.6) is 5.75 Å². The lowest BCUT2D eigenvalue weighted by Crippen LogP contribution is -2.41. The summed E-state index contributed by atoms with van der Waals surface area (Å²) in [4.78, 5) is 0.991. The van der Waals surface area contributed by atoms with Crippen LogP contribution in [0.3, 0.4) is 0 Å². The molecule has 10 heteroatoms. The number of anilines is 1. The van der Waals surface area contributed by atoms with Crippen molar-refractivity contribution in [2.75, 3.05) is 11.4 Å². The van der Waals surface area contributed by atoms with Crippen LogP contribution >= 0.6 is 0 Å². The standard InChI is InChI=1S/C23H24F7NO2/c24-20-10-9-16(22(25,26)27)11-15(20)13-31(14-21(32)23(28,29)30)17-5-4-8-19(12-17)33-18-6-2-1-3-7-18/h4-5,8-12,18,21,32H,1-3,6-7,13-14H2. The van der Waals surface area contributed by atoms with Gasteiger partial charge in [-0.3, -0.25) is 0 Å². The van der Waals surface area contributed by atoms with Crippen molar-refractivity contribution in [2.24, 2.45) is 0 Å². The fraction of sp³-hybridized carbons (Fsp3) is 0.478. The Labute approximate surface area is 186 Å². The second-order valence-corrected chi connectivity index (χ2v) is 8.12. The molecule has 0 aliphatic heterocycles. The first-order valence-electron chi connectivity index (χ1n) is 10.6. The number of benzene rings is 2. The minimum atomic E-state index is -4.96. The lowest BCUT2D eigenvalue weighted by molar-refractivity contribution is -0.200. The topological polar surface area (TPSA) is 32.7 Å². The molecule has 2 aromatic carbocycles. The van der Waals surface area contributed by atoms with Crippen molar-refractivity contribution < 1.29 is 40.6 Å². The number of alkyl halides is 6. The summed E-state index contributed by atoms with van der Waals surface area (Å²) < 4.78 is 98.5. The molecule has 1 N–H and O–H groups in total. The van der Waals surface area contributed by atoms with Gasteiger partial charge >= 0.3 is 12.4 Å². The summed E-state index contributed by atoms with van der Waals surface area (Å²) in [6, 6.07) is 7.78. The van der Waals surface area contributed by atoms with Crippen molar-refractivity contribution in [3.05, 3.63) is 59.4 Å². The summed E-state index contributed by atoms with van der Waals surface area (Å²) in [6.45, 7) is -1.61. The normalized spacial score (nSPS) is 16.5. The van der Waals surface area contributed by atoms with E-state index in [1.807, 2.05) is 0 Å². The van der Waals surface area contributed by atoms with Gasteiger partial charge in [0.15, 0.2) is 6.10 Å². The molecule has 1 fully saturated rings. The number of rotatable bonds is 7. The van der Waals surface area contributed by atoms with Crippen molar-refractivity contribution in [3.8, 4) is 5.75 Å². The highest BCUT2D eigenvalue weighted by molar-refractivity contribution is 5.51. The van der Waals surface area contributed by atoms with Crippen LogP contribution in [-0.2, 0) is 12.7 Å². The number of nitrogens with zero attached hydrogens (tertiary/aromatic N) is 1. The van der Waals surface area contributed by atoms with Crippen LogP contribution in [-0.4, -0.2) is 30.0 Å². The first-order chi connectivity index (χ1) is 15.4. The molecule has 3 rings (SSSR count). The average Bonchev–Trinajstić information content (AvgIpc) is 2.74. The van der Waals surface area contributed by atoms with E-state index in [4.69, 9.17) is 4.74 Å². The maximum absolute atomic E-state index is 14.3. The number of hydrogen-bond donors (Lipinski definition) is 1. The monoisotopic (exact) mass is 479 g/mol. The number of hydrogen-bond acceptors (Lipinski definition) is 3. The van der Waals surface area contributed by atoms with Gasteiger partial charge in [0.05, 0.1) is 18.2 Å². The summed E-state index contributed by atoms with van der Waals surface area (Å²) in [5, 5.41) is 9.61.